The highest BCUT2D eigenvalue weighted by Gasteiger charge is 2.47. The van der Waals surface area contributed by atoms with Crippen molar-refractivity contribution in [2.45, 2.75) is 26.2 Å². The van der Waals surface area contributed by atoms with E-state index in [2.05, 4.69) is 62.4 Å². The number of carbonyl (C=O) groups excluding carboxylic acids is 1. The minimum Gasteiger partial charge on any atom is -0.508 e. The van der Waals surface area contributed by atoms with E-state index in [0.29, 0.717) is 0 Å². The Balaban J connectivity index is 2.06. The van der Waals surface area contributed by atoms with Crippen LogP contribution < -0.4 is 0 Å². The molecule has 4 aromatic rings. The number of fused-ring (bicyclic) bond motifs is 5. The Bertz CT molecular complexity index is 1450. The van der Waals surface area contributed by atoms with Crippen LogP contribution >= 0.6 is 0 Å². The number of hydrogen-bond donors (Lipinski definition) is 1. The SMILES string of the molecule is C/C=C\C(=C/C=O)C1(c2ccc(O)cc2)c2cc(C)ccc2-c2c1cc(C)c1ccccc21. The summed E-state index contributed by atoms with van der Waals surface area (Å²) in [5.41, 5.74) is 8.33. The molecule has 0 heterocycles. The topological polar surface area (TPSA) is 37.3 Å². The fraction of sp³-hybridized carbons (Fsp3) is 0.129. The largest absolute Gasteiger partial charge is 0.508 e. The molecule has 0 aliphatic heterocycles. The lowest BCUT2D eigenvalue weighted by Gasteiger charge is -2.35. The summed E-state index contributed by atoms with van der Waals surface area (Å²) in [5, 5.41) is 12.5. The molecule has 5 rings (SSSR count). The number of aldehydes is 1. The third kappa shape index (κ3) is 2.98. The second-order valence-electron chi connectivity index (χ2n) is 8.77. The second kappa shape index (κ2) is 7.90. The summed E-state index contributed by atoms with van der Waals surface area (Å²) in [4.78, 5) is 11.9. The monoisotopic (exact) mass is 430 g/mol. The van der Waals surface area contributed by atoms with E-state index in [1.54, 1.807) is 18.2 Å². The van der Waals surface area contributed by atoms with E-state index in [0.717, 1.165) is 34.1 Å². The average Bonchev–Trinajstić information content (AvgIpc) is 3.09. The van der Waals surface area contributed by atoms with Gasteiger partial charge in [-0.3, -0.25) is 4.79 Å². The molecule has 1 atom stereocenters. The zero-order valence-electron chi connectivity index (χ0n) is 19.1. The summed E-state index contributed by atoms with van der Waals surface area (Å²) in [6, 6.07) is 24.8. The van der Waals surface area contributed by atoms with Crippen LogP contribution in [0.25, 0.3) is 21.9 Å². The Morgan fingerprint density at radius 2 is 1.61 bits per heavy atom. The van der Waals surface area contributed by atoms with E-state index in [1.807, 2.05) is 31.2 Å². The number of carbonyl (C=O) groups is 1. The van der Waals surface area contributed by atoms with Gasteiger partial charge >= 0.3 is 0 Å². The van der Waals surface area contributed by atoms with Crippen molar-refractivity contribution in [2.75, 3.05) is 0 Å². The number of rotatable bonds is 4. The van der Waals surface area contributed by atoms with Gasteiger partial charge in [0.05, 0.1) is 5.41 Å². The van der Waals surface area contributed by atoms with Crippen LogP contribution in [0, 0.1) is 13.8 Å². The lowest BCUT2D eigenvalue weighted by Crippen LogP contribution is -2.29. The van der Waals surface area contributed by atoms with E-state index in [-0.39, 0.29) is 5.75 Å². The van der Waals surface area contributed by atoms with Crippen molar-refractivity contribution in [3.8, 4) is 16.9 Å². The predicted octanol–water partition coefficient (Wildman–Crippen LogP) is 7.18. The van der Waals surface area contributed by atoms with Crippen LogP contribution in [0.1, 0.15) is 34.7 Å². The fourth-order valence-corrected chi connectivity index (χ4v) is 5.53. The Hall–Kier alpha value is -3.91. The highest BCUT2D eigenvalue weighted by Crippen LogP contribution is 2.58. The molecule has 0 saturated heterocycles. The molecule has 0 amide bonds. The lowest BCUT2D eigenvalue weighted by atomic mass is 9.66. The number of hydrogen-bond acceptors (Lipinski definition) is 2. The van der Waals surface area contributed by atoms with Crippen LogP contribution in [0.5, 0.6) is 5.75 Å². The average molecular weight is 431 g/mol. The predicted molar refractivity (Wildman–Crippen MR) is 136 cm³/mol. The molecule has 4 aromatic carbocycles. The van der Waals surface area contributed by atoms with Crippen molar-refractivity contribution in [2.24, 2.45) is 0 Å². The third-order valence-electron chi connectivity index (χ3n) is 6.83. The Kier molecular flexibility index (Phi) is 5.02. The molecular weight excluding hydrogens is 404 g/mol. The zero-order chi connectivity index (χ0) is 23.2. The van der Waals surface area contributed by atoms with Crippen LogP contribution in [-0.4, -0.2) is 11.4 Å². The van der Waals surface area contributed by atoms with Crippen molar-refractivity contribution in [3.63, 3.8) is 0 Å². The smallest absolute Gasteiger partial charge is 0.143 e. The maximum absolute atomic E-state index is 11.9. The molecular formula is C31H26O2. The molecule has 0 spiro atoms. The van der Waals surface area contributed by atoms with Crippen molar-refractivity contribution < 1.29 is 9.90 Å². The van der Waals surface area contributed by atoms with E-state index < -0.39 is 5.41 Å². The number of benzene rings is 4. The first-order valence-electron chi connectivity index (χ1n) is 11.2. The molecule has 0 bridgehead atoms. The standard InChI is InChI=1S/C31H26O2/c1-4-7-22(16-17-32)31(23-11-13-24(33)14-12-23)28-18-20(2)10-15-27(28)30-26-9-6-5-8-25(26)21(3)19-29(30)31/h4-19,33H,1-3H3/b7-4-,22-16+. The summed E-state index contributed by atoms with van der Waals surface area (Å²) in [7, 11) is 0. The van der Waals surface area contributed by atoms with Crippen molar-refractivity contribution in [3.05, 3.63) is 124 Å². The minimum absolute atomic E-state index is 0.221. The molecule has 0 saturated carbocycles. The molecule has 1 N–H and O–H groups in total. The molecule has 1 aliphatic carbocycles. The van der Waals surface area contributed by atoms with Crippen LogP contribution in [0.3, 0.4) is 0 Å². The van der Waals surface area contributed by atoms with Gasteiger partial charge in [0.2, 0.25) is 0 Å². The molecule has 2 nitrogen and oxygen atoms in total. The van der Waals surface area contributed by atoms with Gasteiger partial charge in [-0.05, 0) is 88.7 Å². The van der Waals surface area contributed by atoms with Gasteiger partial charge in [0.25, 0.3) is 0 Å². The van der Waals surface area contributed by atoms with Crippen LogP contribution in [0.15, 0.2) is 96.6 Å². The highest BCUT2D eigenvalue weighted by molar-refractivity contribution is 6.05. The number of aromatic hydroxyl groups is 1. The molecule has 1 unspecified atom stereocenters. The fourth-order valence-electron chi connectivity index (χ4n) is 5.53. The third-order valence-corrected chi connectivity index (χ3v) is 6.83. The minimum atomic E-state index is -0.674. The van der Waals surface area contributed by atoms with Gasteiger partial charge in [-0.15, -0.1) is 0 Å². The van der Waals surface area contributed by atoms with E-state index in [9.17, 15) is 9.90 Å². The number of phenols is 1. The lowest BCUT2D eigenvalue weighted by molar-refractivity contribution is -0.104. The molecule has 1 aliphatic rings. The van der Waals surface area contributed by atoms with E-state index in [1.165, 1.54) is 27.5 Å². The number of aryl methyl sites for hydroxylation is 2. The van der Waals surface area contributed by atoms with Gasteiger partial charge in [0.15, 0.2) is 0 Å². The van der Waals surface area contributed by atoms with Crippen LogP contribution in [0.2, 0.25) is 0 Å². The molecule has 0 radical (unpaired) electrons. The molecule has 2 heteroatoms. The summed E-state index contributed by atoms with van der Waals surface area (Å²) >= 11 is 0. The summed E-state index contributed by atoms with van der Waals surface area (Å²) in [6.07, 6.45) is 6.57. The zero-order valence-corrected chi connectivity index (χ0v) is 19.1. The first kappa shape index (κ1) is 21.0. The van der Waals surface area contributed by atoms with Crippen molar-refractivity contribution in [1.29, 1.82) is 0 Å². The normalized spacial score (nSPS) is 17.4. The quantitative estimate of drug-likeness (QED) is 0.211. The van der Waals surface area contributed by atoms with Crippen molar-refractivity contribution >= 4 is 17.1 Å². The van der Waals surface area contributed by atoms with Gasteiger partial charge in [-0.1, -0.05) is 78.4 Å². The number of allylic oxidation sites excluding steroid dienone is 4. The molecule has 33 heavy (non-hydrogen) atoms. The van der Waals surface area contributed by atoms with Crippen molar-refractivity contribution in [1.82, 2.24) is 0 Å². The van der Waals surface area contributed by atoms with Gasteiger partial charge in [-0.2, -0.15) is 0 Å². The molecule has 0 fully saturated rings. The van der Waals surface area contributed by atoms with Gasteiger partial charge in [-0.25, -0.2) is 0 Å². The van der Waals surface area contributed by atoms with Gasteiger partial charge < -0.3 is 5.11 Å². The van der Waals surface area contributed by atoms with Gasteiger partial charge in [0.1, 0.15) is 12.0 Å². The number of phenolic OH excluding ortho intramolecular Hbond substituents is 1. The summed E-state index contributed by atoms with van der Waals surface area (Å²) < 4.78 is 0. The first-order chi connectivity index (χ1) is 16.0. The second-order valence-corrected chi connectivity index (χ2v) is 8.77. The summed E-state index contributed by atoms with van der Waals surface area (Å²) in [5.74, 6) is 0.221. The Morgan fingerprint density at radius 1 is 0.879 bits per heavy atom. The van der Waals surface area contributed by atoms with E-state index >= 15 is 0 Å². The van der Waals surface area contributed by atoms with E-state index in [4.69, 9.17) is 0 Å². The Labute approximate surface area is 194 Å². The van der Waals surface area contributed by atoms with Crippen LogP contribution in [0.4, 0.5) is 0 Å². The summed E-state index contributed by atoms with van der Waals surface area (Å²) in [6.45, 7) is 6.23. The maximum Gasteiger partial charge on any atom is 0.143 e. The Morgan fingerprint density at radius 3 is 2.30 bits per heavy atom. The first-order valence-corrected chi connectivity index (χ1v) is 11.2. The molecule has 0 aromatic heterocycles. The highest BCUT2D eigenvalue weighted by atomic mass is 16.3. The maximum atomic E-state index is 11.9. The molecule has 162 valence electrons. The van der Waals surface area contributed by atoms with Crippen LogP contribution in [-0.2, 0) is 10.2 Å². The van der Waals surface area contributed by atoms with Gasteiger partial charge in [0, 0.05) is 0 Å².